The van der Waals surface area contributed by atoms with Crippen molar-refractivity contribution >= 4 is 0 Å². The highest BCUT2D eigenvalue weighted by Gasteiger charge is 2.26. The van der Waals surface area contributed by atoms with E-state index in [4.69, 9.17) is 0 Å². The Morgan fingerprint density at radius 1 is 1.14 bits per heavy atom. The van der Waals surface area contributed by atoms with Crippen molar-refractivity contribution in [1.29, 1.82) is 0 Å². The molecule has 1 fully saturated rings. The first-order valence-electron chi connectivity index (χ1n) is 7.62. The van der Waals surface area contributed by atoms with E-state index < -0.39 is 5.60 Å². The Balaban J connectivity index is 1.83. The predicted octanol–water partition coefficient (Wildman–Crippen LogP) is 4.54. The Bertz CT molecular complexity index is 629. The van der Waals surface area contributed by atoms with Crippen LogP contribution in [0.3, 0.4) is 0 Å². The maximum absolute atomic E-state index is 13.3. The first-order chi connectivity index (χ1) is 10.0. The summed E-state index contributed by atoms with van der Waals surface area (Å²) in [6, 6.07) is 14.7. The summed E-state index contributed by atoms with van der Waals surface area (Å²) in [5.41, 5.74) is 2.07. The van der Waals surface area contributed by atoms with Crippen LogP contribution in [0.4, 0.5) is 4.39 Å². The number of halogens is 1. The zero-order chi connectivity index (χ0) is 14.9. The van der Waals surface area contributed by atoms with Gasteiger partial charge in [-0.15, -0.1) is 0 Å². The number of hydrogen-bond donors (Lipinski definition) is 1. The third-order valence-electron chi connectivity index (χ3n) is 4.52. The second-order valence-electron chi connectivity index (χ2n) is 6.33. The minimum atomic E-state index is -0.979. The topological polar surface area (TPSA) is 20.2 Å². The molecule has 1 N–H and O–H groups in total. The van der Waals surface area contributed by atoms with Crippen LogP contribution in [0.2, 0.25) is 0 Å². The molecule has 2 aromatic rings. The van der Waals surface area contributed by atoms with Crippen LogP contribution < -0.4 is 0 Å². The van der Waals surface area contributed by atoms with Crippen LogP contribution in [0.1, 0.15) is 48.8 Å². The highest BCUT2D eigenvalue weighted by molar-refractivity contribution is 5.32. The molecule has 0 bridgehead atoms. The molecule has 1 aliphatic carbocycles. The van der Waals surface area contributed by atoms with E-state index in [1.807, 2.05) is 18.2 Å². The van der Waals surface area contributed by atoms with Crippen LogP contribution >= 0.6 is 0 Å². The normalized spacial score (nSPS) is 18.0. The molecule has 0 aliphatic heterocycles. The van der Waals surface area contributed by atoms with E-state index in [0.29, 0.717) is 12.3 Å². The van der Waals surface area contributed by atoms with Gasteiger partial charge in [-0.1, -0.05) is 42.8 Å². The van der Waals surface area contributed by atoms with E-state index in [9.17, 15) is 9.50 Å². The molecule has 2 heteroatoms. The highest BCUT2D eigenvalue weighted by Crippen LogP contribution is 2.38. The summed E-state index contributed by atoms with van der Waals surface area (Å²) in [5, 5.41) is 10.8. The summed E-state index contributed by atoms with van der Waals surface area (Å²) in [5.74, 6) is 0.390. The maximum atomic E-state index is 13.3. The van der Waals surface area contributed by atoms with Gasteiger partial charge in [0.25, 0.3) is 0 Å². The minimum Gasteiger partial charge on any atom is -0.385 e. The quantitative estimate of drug-likeness (QED) is 0.873. The summed E-state index contributed by atoms with van der Waals surface area (Å²) in [6.07, 6.45) is 4.21. The molecule has 0 radical (unpaired) electrons. The van der Waals surface area contributed by atoms with Gasteiger partial charge in [0.15, 0.2) is 0 Å². The third-order valence-corrected chi connectivity index (χ3v) is 4.52. The highest BCUT2D eigenvalue weighted by atomic mass is 19.1. The average molecular weight is 284 g/mol. The fourth-order valence-corrected chi connectivity index (χ4v) is 3.02. The van der Waals surface area contributed by atoms with E-state index in [1.54, 1.807) is 13.0 Å². The standard InChI is InChI=1S/C19H21FO/c1-19(21,13-14-5-2-10-18(20)11-14)17-9-4-8-16(12-17)15-6-3-7-15/h2,4-5,8-12,15,21H,3,6-7,13H2,1H3. The maximum Gasteiger partial charge on any atom is 0.123 e. The molecule has 0 spiro atoms. The lowest BCUT2D eigenvalue weighted by Gasteiger charge is -2.29. The second-order valence-corrected chi connectivity index (χ2v) is 6.33. The lowest BCUT2D eigenvalue weighted by atomic mass is 9.78. The lowest BCUT2D eigenvalue weighted by Crippen LogP contribution is -2.25. The first-order valence-corrected chi connectivity index (χ1v) is 7.62. The van der Waals surface area contributed by atoms with E-state index in [0.717, 1.165) is 11.1 Å². The SMILES string of the molecule is CC(O)(Cc1cccc(F)c1)c1cccc(C2CCC2)c1. The summed E-state index contributed by atoms with van der Waals surface area (Å²) in [7, 11) is 0. The molecule has 3 rings (SSSR count). The zero-order valence-corrected chi connectivity index (χ0v) is 12.3. The average Bonchev–Trinajstić information content (AvgIpc) is 2.36. The largest absolute Gasteiger partial charge is 0.385 e. The van der Waals surface area contributed by atoms with Gasteiger partial charge >= 0.3 is 0 Å². The predicted molar refractivity (Wildman–Crippen MR) is 82.7 cm³/mol. The molecule has 21 heavy (non-hydrogen) atoms. The summed E-state index contributed by atoms with van der Waals surface area (Å²) in [4.78, 5) is 0. The lowest BCUT2D eigenvalue weighted by molar-refractivity contribution is 0.0574. The van der Waals surface area contributed by atoms with E-state index >= 15 is 0 Å². The van der Waals surface area contributed by atoms with Gasteiger partial charge in [-0.05, 0) is 54.5 Å². The number of benzene rings is 2. The van der Waals surface area contributed by atoms with Crippen molar-refractivity contribution in [2.75, 3.05) is 0 Å². The first kappa shape index (κ1) is 14.3. The van der Waals surface area contributed by atoms with E-state index in [-0.39, 0.29) is 5.82 Å². The molecule has 0 heterocycles. The van der Waals surface area contributed by atoms with Crippen molar-refractivity contribution in [2.24, 2.45) is 0 Å². The molecule has 0 saturated heterocycles. The fraction of sp³-hybridized carbons (Fsp3) is 0.368. The van der Waals surface area contributed by atoms with E-state index in [1.165, 1.54) is 37.0 Å². The summed E-state index contributed by atoms with van der Waals surface area (Å²) < 4.78 is 13.3. The Kier molecular flexibility index (Phi) is 3.81. The molecule has 0 amide bonds. The molecule has 1 aliphatic rings. The molecule has 2 aromatic carbocycles. The van der Waals surface area contributed by atoms with Crippen molar-refractivity contribution in [2.45, 2.75) is 44.1 Å². The molecular formula is C19H21FO. The number of aliphatic hydroxyl groups is 1. The molecule has 1 saturated carbocycles. The second kappa shape index (κ2) is 5.61. The summed E-state index contributed by atoms with van der Waals surface area (Å²) >= 11 is 0. The zero-order valence-electron chi connectivity index (χ0n) is 12.3. The minimum absolute atomic E-state index is 0.258. The number of rotatable bonds is 4. The van der Waals surface area contributed by atoms with Crippen molar-refractivity contribution in [1.82, 2.24) is 0 Å². The molecule has 0 aromatic heterocycles. The van der Waals surface area contributed by atoms with Gasteiger partial charge in [-0.2, -0.15) is 0 Å². The fourth-order valence-electron chi connectivity index (χ4n) is 3.02. The van der Waals surface area contributed by atoms with Crippen LogP contribution in [-0.2, 0) is 12.0 Å². The van der Waals surface area contributed by atoms with Crippen molar-refractivity contribution in [3.05, 3.63) is 71.0 Å². The molecule has 110 valence electrons. The molecule has 1 atom stereocenters. The third kappa shape index (κ3) is 3.16. The van der Waals surface area contributed by atoms with Gasteiger partial charge in [0.05, 0.1) is 5.60 Å². The van der Waals surface area contributed by atoms with Crippen LogP contribution in [0.5, 0.6) is 0 Å². The summed E-state index contributed by atoms with van der Waals surface area (Å²) in [6.45, 7) is 1.80. The molecular weight excluding hydrogens is 263 g/mol. The Labute approximate surface area is 125 Å². The number of hydrogen-bond acceptors (Lipinski definition) is 1. The smallest absolute Gasteiger partial charge is 0.123 e. The van der Waals surface area contributed by atoms with Crippen molar-refractivity contribution < 1.29 is 9.50 Å². The van der Waals surface area contributed by atoms with E-state index in [2.05, 4.69) is 12.1 Å². The molecule has 1 unspecified atom stereocenters. The van der Waals surface area contributed by atoms with Crippen LogP contribution in [0.25, 0.3) is 0 Å². The van der Waals surface area contributed by atoms with Gasteiger partial charge in [0.1, 0.15) is 5.82 Å². The van der Waals surface area contributed by atoms with Crippen LogP contribution in [0.15, 0.2) is 48.5 Å². The van der Waals surface area contributed by atoms with Crippen LogP contribution in [-0.4, -0.2) is 5.11 Å². The van der Waals surface area contributed by atoms with Crippen LogP contribution in [0, 0.1) is 5.82 Å². The Morgan fingerprint density at radius 3 is 2.57 bits per heavy atom. The Morgan fingerprint density at radius 2 is 1.90 bits per heavy atom. The molecule has 1 nitrogen and oxygen atoms in total. The van der Waals surface area contributed by atoms with Gasteiger partial charge in [-0.25, -0.2) is 4.39 Å². The van der Waals surface area contributed by atoms with Crippen molar-refractivity contribution in [3.8, 4) is 0 Å². The van der Waals surface area contributed by atoms with Gasteiger partial charge in [0, 0.05) is 6.42 Å². The van der Waals surface area contributed by atoms with Gasteiger partial charge in [0.2, 0.25) is 0 Å². The van der Waals surface area contributed by atoms with Gasteiger partial charge < -0.3 is 5.11 Å². The Hall–Kier alpha value is -1.67. The van der Waals surface area contributed by atoms with Gasteiger partial charge in [-0.3, -0.25) is 0 Å². The van der Waals surface area contributed by atoms with Crippen molar-refractivity contribution in [3.63, 3.8) is 0 Å². The monoisotopic (exact) mass is 284 g/mol.